The molecule has 1 aliphatic rings. The van der Waals surface area contributed by atoms with E-state index in [2.05, 4.69) is 51.9 Å². The average molecular weight is 242 g/mol. The van der Waals surface area contributed by atoms with Gasteiger partial charge >= 0.3 is 0 Å². The van der Waals surface area contributed by atoms with Gasteiger partial charge in [0.1, 0.15) is 0 Å². The van der Waals surface area contributed by atoms with E-state index in [1.807, 2.05) is 0 Å². The molecule has 1 fully saturated rings. The monoisotopic (exact) mass is 242 g/mol. The van der Waals surface area contributed by atoms with Crippen LogP contribution in [0.2, 0.25) is 0 Å². The zero-order valence-electron chi connectivity index (χ0n) is 12.4. The molecule has 1 N–H and O–H groups in total. The van der Waals surface area contributed by atoms with Gasteiger partial charge in [0.25, 0.3) is 0 Å². The fourth-order valence-corrected chi connectivity index (χ4v) is 2.64. The van der Waals surface area contributed by atoms with Gasteiger partial charge in [0, 0.05) is 31.8 Å². The van der Waals surface area contributed by atoms with Gasteiger partial charge in [-0.2, -0.15) is 0 Å². The van der Waals surface area contributed by atoms with Crippen LogP contribution in [0.5, 0.6) is 0 Å². The van der Waals surface area contributed by atoms with E-state index >= 15 is 0 Å². The van der Waals surface area contributed by atoms with Crippen LogP contribution in [-0.4, -0.2) is 49.3 Å². The molecular formula is C14H30N2O. The van der Waals surface area contributed by atoms with Crippen molar-refractivity contribution in [3.63, 3.8) is 0 Å². The molecule has 1 heterocycles. The molecule has 0 aromatic rings. The van der Waals surface area contributed by atoms with Gasteiger partial charge in [-0.15, -0.1) is 0 Å². The van der Waals surface area contributed by atoms with Gasteiger partial charge in [-0.25, -0.2) is 0 Å². The molecular weight excluding hydrogens is 212 g/mol. The largest absolute Gasteiger partial charge is 0.375 e. The highest BCUT2D eigenvalue weighted by atomic mass is 16.5. The maximum absolute atomic E-state index is 5.73. The Morgan fingerprint density at radius 2 is 2.00 bits per heavy atom. The molecule has 3 atom stereocenters. The maximum atomic E-state index is 5.73. The number of nitrogens with zero attached hydrogens (tertiary/aromatic N) is 1. The van der Waals surface area contributed by atoms with Crippen molar-refractivity contribution in [2.45, 2.75) is 58.7 Å². The number of hydrogen-bond donors (Lipinski definition) is 1. The zero-order chi connectivity index (χ0) is 13.1. The van der Waals surface area contributed by atoms with Gasteiger partial charge in [-0.1, -0.05) is 6.92 Å². The summed E-state index contributed by atoms with van der Waals surface area (Å²) in [4.78, 5) is 2.45. The Labute approximate surface area is 107 Å². The van der Waals surface area contributed by atoms with E-state index in [-0.39, 0.29) is 5.60 Å². The predicted octanol–water partition coefficient (Wildman–Crippen LogP) is 2.12. The summed E-state index contributed by atoms with van der Waals surface area (Å²) in [5.41, 5.74) is -0.0545. The maximum Gasteiger partial charge on any atom is 0.0750 e. The number of rotatable bonds is 5. The van der Waals surface area contributed by atoms with Crippen molar-refractivity contribution in [2.24, 2.45) is 5.92 Å². The van der Waals surface area contributed by atoms with Gasteiger partial charge in [-0.05, 0) is 47.1 Å². The van der Waals surface area contributed by atoms with Crippen LogP contribution in [0.1, 0.15) is 41.0 Å². The summed E-state index contributed by atoms with van der Waals surface area (Å²) in [5.74, 6) is 0.716. The van der Waals surface area contributed by atoms with Crippen LogP contribution >= 0.6 is 0 Å². The van der Waals surface area contributed by atoms with Crippen LogP contribution in [0.15, 0.2) is 0 Å². The summed E-state index contributed by atoms with van der Waals surface area (Å²) in [6.45, 7) is 13.9. The van der Waals surface area contributed by atoms with Gasteiger partial charge in [0.05, 0.1) is 5.60 Å². The van der Waals surface area contributed by atoms with Gasteiger partial charge in [0.15, 0.2) is 0 Å². The molecule has 1 aliphatic heterocycles. The number of likely N-dealkylation sites (tertiary alicyclic amines) is 1. The summed E-state index contributed by atoms with van der Waals surface area (Å²) in [5, 5.41) is 3.70. The summed E-state index contributed by atoms with van der Waals surface area (Å²) < 4.78 is 5.73. The molecule has 1 saturated heterocycles. The van der Waals surface area contributed by atoms with Crippen molar-refractivity contribution >= 4 is 0 Å². The number of nitrogens with one attached hydrogen (secondary N) is 1. The Hall–Kier alpha value is -0.120. The molecule has 102 valence electrons. The lowest BCUT2D eigenvalue weighted by Crippen LogP contribution is -2.53. The third-order valence-electron chi connectivity index (χ3n) is 3.94. The lowest BCUT2D eigenvalue weighted by atomic mass is 9.89. The van der Waals surface area contributed by atoms with Crippen LogP contribution in [-0.2, 0) is 4.74 Å². The Balaban J connectivity index is 2.41. The van der Waals surface area contributed by atoms with Crippen molar-refractivity contribution < 1.29 is 4.74 Å². The minimum atomic E-state index is -0.0545. The molecule has 0 aromatic carbocycles. The second kappa shape index (κ2) is 6.17. The highest BCUT2D eigenvalue weighted by molar-refractivity contribution is 4.87. The summed E-state index contributed by atoms with van der Waals surface area (Å²) in [7, 11) is 2.22. The first-order chi connectivity index (χ1) is 7.85. The molecule has 3 heteroatoms. The average Bonchev–Trinajstić information content (AvgIpc) is 2.21. The molecule has 0 aliphatic carbocycles. The molecule has 0 bridgehead atoms. The lowest BCUT2D eigenvalue weighted by molar-refractivity contribution is -0.0147. The standard InChI is InChI=1S/C14H30N2O/c1-7-17-14(4,5)10-15-13-8-12(3)16(6)9-11(13)2/h11-13,15H,7-10H2,1-6H3. The highest BCUT2D eigenvalue weighted by Gasteiger charge is 2.30. The Morgan fingerprint density at radius 1 is 1.35 bits per heavy atom. The lowest BCUT2D eigenvalue weighted by Gasteiger charge is -2.41. The van der Waals surface area contributed by atoms with Crippen LogP contribution in [0, 0.1) is 5.92 Å². The topological polar surface area (TPSA) is 24.5 Å². The third kappa shape index (κ3) is 4.57. The van der Waals surface area contributed by atoms with Crippen molar-refractivity contribution in [1.29, 1.82) is 0 Å². The fourth-order valence-electron chi connectivity index (χ4n) is 2.64. The first-order valence-electron chi connectivity index (χ1n) is 6.93. The minimum Gasteiger partial charge on any atom is -0.375 e. The molecule has 0 saturated carbocycles. The van der Waals surface area contributed by atoms with E-state index in [0.717, 1.165) is 13.2 Å². The Morgan fingerprint density at radius 3 is 2.59 bits per heavy atom. The van der Waals surface area contributed by atoms with E-state index in [9.17, 15) is 0 Å². The van der Waals surface area contributed by atoms with Gasteiger partial charge in [0.2, 0.25) is 0 Å². The summed E-state index contributed by atoms with van der Waals surface area (Å²) >= 11 is 0. The molecule has 17 heavy (non-hydrogen) atoms. The van der Waals surface area contributed by atoms with Crippen molar-refractivity contribution in [3.8, 4) is 0 Å². The quantitative estimate of drug-likeness (QED) is 0.799. The normalized spacial score (nSPS) is 31.8. The van der Waals surface area contributed by atoms with Crippen LogP contribution < -0.4 is 5.32 Å². The Kier molecular flexibility index (Phi) is 5.42. The summed E-state index contributed by atoms with van der Waals surface area (Å²) in [6.07, 6.45) is 1.24. The van der Waals surface area contributed by atoms with Crippen molar-refractivity contribution in [1.82, 2.24) is 10.2 Å². The van der Waals surface area contributed by atoms with E-state index < -0.39 is 0 Å². The molecule has 0 amide bonds. The van der Waals surface area contributed by atoms with E-state index in [1.54, 1.807) is 0 Å². The van der Waals surface area contributed by atoms with Crippen LogP contribution in [0.25, 0.3) is 0 Å². The van der Waals surface area contributed by atoms with Gasteiger partial charge in [-0.3, -0.25) is 0 Å². The van der Waals surface area contributed by atoms with Crippen molar-refractivity contribution in [2.75, 3.05) is 26.7 Å². The molecule has 3 nitrogen and oxygen atoms in total. The SMILES string of the molecule is CCOC(C)(C)CNC1CC(C)N(C)CC1C. The highest BCUT2D eigenvalue weighted by Crippen LogP contribution is 2.21. The number of ether oxygens (including phenoxy) is 1. The van der Waals surface area contributed by atoms with E-state index in [4.69, 9.17) is 4.74 Å². The Bertz CT molecular complexity index is 230. The zero-order valence-corrected chi connectivity index (χ0v) is 12.4. The number of piperidine rings is 1. The van der Waals surface area contributed by atoms with Crippen LogP contribution in [0.4, 0.5) is 0 Å². The summed E-state index contributed by atoms with van der Waals surface area (Å²) in [6, 6.07) is 1.31. The number of hydrogen-bond acceptors (Lipinski definition) is 3. The van der Waals surface area contributed by atoms with Crippen molar-refractivity contribution in [3.05, 3.63) is 0 Å². The first-order valence-corrected chi connectivity index (χ1v) is 6.93. The molecule has 0 radical (unpaired) electrons. The van der Waals surface area contributed by atoms with E-state index in [0.29, 0.717) is 18.0 Å². The van der Waals surface area contributed by atoms with Gasteiger partial charge < -0.3 is 15.0 Å². The second-order valence-electron chi connectivity index (χ2n) is 6.18. The van der Waals surface area contributed by atoms with Crippen LogP contribution in [0.3, 0.4) is 0 Å². The first kappa shape index (κ1) is 14.9. The molecule has 0 spiro atoms. The predicted molar refractivity (Wildman–Crippen MR) is 73.4 cm³/mol. The molecule has 0 aromatic heterocycles. The fraction of sp³-hybridized carbons (Fsp3) is 1.00. The third-order valence-corrected chi connectivity index (χ3v) is 3.94. The molecule has 3 unspecified atom stereocenters. The second-order valence-corrected chi connectivity index (χ2v) is 6.18. The van der Waals surface area contributed by atoms with E-state index in [1.165, 1.54) is 13.0 Å². The molecule has 1 rings (SSSR count). The minimum absolute atomic E-state index is 0.0545. The smallest absolute Gasteiger partial charge is 0.0750 e.